The summed E-state index contributed by atoms with van der Waals surface area (Å²) in [5, 5.41) is 13.0. The summed E-state index contributed by atoms with van der Waals surface area (Å²) < 4.78 is 0. The van der Waals surface area contributed by atoms with E-state index in [-0.39, 0.29) is 0 Å². The lowest BCUT2D eigenvalue weighted by molar-refractivity contribution is -0.0201. The maximum Gasteiger partial charge on any atom is 0.0819 e. The smallest absolute Gasteiger partial charge is 0.0819 e. The second-order valence-corrected chi connectivity index (χ2v) is 4.05. The summed E-state index contributed by atoms with van der Waals surface area (Å²) in [5.74, 6) is 0. The second kappa shape index (κ2) is 3.50. The summed E-state index contributed by atoms with van der Waals surface area (Å²) in [6, 6.07) is 7.56. The van der Waals surface area contributed by atoms with Crippen LogP contribution in [0.15, 0.2) is 24.3 Å². The van der Waals surface area contributed by atoms with Gasteiger partial charge in [0.2, 0.25) is 0 Å². The van der Waals surface area contributed by atoms with E-state index in [0.29, 0.717) is 6.54 Å². The first kappa shape index (κ1) is 9.34. The highest BCUT2D eigenvalue weighted by molar-refractivity contribution is 5.51. The van der Waals surface area contributed by atoms with E-state index in [1.54, 1.807) is 0 Å². The topological polar surface area (TPSA) is 58.3 Å². The molecule has 1 aliphatic carbocycles. The summed E-state index contributed by atoms with van der Waals surface area (Å²) in [5.41, 5.74) is 6.87. The van der Waals surface area contributed by atoms with Gasteiger partial charge in [0.1, 0.15) is 0 Å². The molecule has 1 saturated carbocycles. The molecule has 1 aliphatic rings. The lowest BCUT2D eigenvalue weighted by Crippen LogP contribution is -2.43. The molecule has 14 heavy (non-hydrogen) atoms. The maximum absolute atomic E-state index is 9.84. The molecule has 0 aromatic heterocycles. The first-order valence-electron chi connectivity index (χ1n) is 5.00. The zero-order chi connectivity index (χ0) is 10.0. The predicted octanol–water partition coefficient (Wildman–Crippen LogP) is 1.60. The van der Waals surface area contributed by atoms with Crippen molar-refractivity contribution in [3.05, 3.63) is 24.3 Å². The molecule has 0 aliphatic heterocycles. The van der Waals surface area contributed by atoms with Crippen LogP contribution in [-0.2, 0) is 0 Å². The molecule has 0 radical (unpaired) electrons. The van der Waals surface area contributed by atoms with Crippen molar-refractivity contribution >= 4 is 11.4 Å². The Hall–Kier alpha value is -1.22. The van der Waals surface area contributed by atoms with Gasteiger partial charge in [-0.3, -0.25) is 0 Å². The van der Waals surface area contributed by atoms with Gasteiger partial charge in [0.05, 0.1) is 5.60 Å². The third-order valence-electron chi connectivity index (χ3n) is 2.82. The third-order valence-corrected chi connectivity index (χ3v) is 2.82. The average Bonchev–Trinajstić information content (AvgIpc) is 2.14. The number of nitrogens with one attached hydrogen (secondary N) is 1. The standard InChI is InChI=1S/C11H16N2O/c12-9-2-4-10(5-3-9)13-8-11(14)6-1-7-11/h2-5,13-14H,1,6-8,12H2. The summed E-state index contributed by atoms with van der Waals surface area (Å²) in [7, 11) is 0. The van der Waals surface area contributed by atoms with Crippen LogP contribution in [0.1, 0.15) is 19.3 Å². The quantitative estimate of drug-likeness (QED) is 0.637. The van der Waals surface area contributed by atoms with Gasteiger partial charge in [-0.25, -0.2) is 0 Å². The molecule has 2 rings (SSSR count). The van der Waals surface area contributed by atoms with Crippen LogP contribution < -0.4 is 11.1 Å². The van der Waals surface area contributed by atoms with Crippen molar-refractivity contribution in [2.45, 2.75) is 24.9 Å². The maximum atomic E-state index is 9.84. The van der Waals surface area contributed by atoms with Crippen molar-refractivity contribution in [1.82, 2.24) is 0 Å². The van der Waals surface area contributed by atoms with Crippen molar-refractivity contribution in [2.75, 3.05) is 17.6 Å². The zero-order valence-electron chi connectivity index (χ0n) is 8.16. The second-order valence-electron chi connectivity index (χ2n) is 4.05. The zero-order valence-corrected chi connectivity index (χ0v) is 8.16. The van der Waals surface area contributed by atoms with E-state index in [1.165, 1.54) is 0 Å². The van der Waals surface area contributed by atoms with E-state index >= 15 is 0 Å². The minimum Gasteiger partial charge on any atom is -0.399 e. The SMILES string of the molecule is Nc1ccc(NCC2(O)CCC2)cc1. The molecular formula is C11H16N2O. The monoisotopic (exact) mass is 192 g/mol. The normalized spacial score (nSPS) is 18.6. The minimum absolute atomic E-state index is 0.471. The lowest BCUT2D eigenvalue weighted by Gasteiger charge is -2.36. The Labute approximate surface area is 83.9 Å². The highest BCUT2D eigenvalue weighted by atomic mass is 16.3. The van der Waals surface area contributed by atoms with Gasteiger partial charge in [0, 0.05) is 17.9 Å². The van der Waals surface area contributed by atoms with E-state index in [1.807, 2.05) is 24.3 Å². The Bertz CT molecular complexity index is 304. The van der Waals surface area contributed by atoms with E-state index in [0.717, 1.165) is 30.6 Å². The van der Waals surface area contributed by atoms with Crippen LogP contribution in [0.25, 0.3) is 0 Å². The van der Waals surface area contributed by atoms with Crippen molar-refractivity contribution in [2.24, 2.45) is 0 Å². The van der Waals surface area contributed by atoms with Crippen LogP contribution in [0.4, 0.5) is 11.4 Å². The van der Waals surface area contributed by atoms with Gasteiger partial charge >= 0.3 is 0 Å². The fourth-order valence-corrected chi connectivity index (χ4v) is 1.63. The van der Waals surface area contributed by atoms with E-state index in [9.17, 15) is 5.11 Å². The Morgan fingerprint density at radius 1 is 1.29 bits per heavy atom. The van der Waals surface area contributed by atoms with Gasteiger partial charge in [-0.15, -0.1) is 0 Å². The van der Waals surface area contributed by atoms with Crippen LogP contribution in [0.2, 0.25) is 0 Å². The number of rotatable bonds is 3. The number of aliphatic hydroxyl groups is 1. The summed E-state index contributed by atoms with van der Waals surface area (Å²) in [4.78, 5) is 0. The number of hydrogen-bond donors (Lipinski definition) is 3. The molecule has 0 unspecified atom stereocenters. The fourth-order valence-electron chi connectivity index (χ4n) is 1.63. The summed E-state index contributed by atoms with van der Waals surface area (Å²) in [6.07, 6.45) is 2.96. The molecule has 0 saturated heterocycles. The molecule has 76 valence electrons. The van der Waals surface area contributed by atoms with Gasteiger partial charge in [-0.05, 0) is 43.5 Å². The summed E-state index contributed by atoms with van der Waals surface area (Å²) >= 11 is 0. The molecule has 0 spiro atoms. The molecule has 1 fully saturated rings. The number of nitrogen functional groups attached to an aromatic ring is 1. The van der Waals surface area contributed by atoms with Crippen molar-refractivity contribution in [3.63, 3.8) is 0 Å². The van der Waals surface area contributed by atoms with Crippen LogP contribution in [0, 0.1) is 0 Å². The van der Waals surface area contributed by atoms with Crippen LogP contribution in [0.5, 0.6) is 0 Å². The highest BCUT2D eigenvalue weighted by Crippen LogP contribution is 2.31. The predicted molar refractivity (Wildman–Crippen MR) is 58.1 cm³/mol. The van der Waals surface area contributed by atoms with Crippen LogP contribution >= 0.6 is 0 Å². The molecule has 3 heteroatoms. The van der Waals surface area contributed by atoms with Gasteiger partial charge in [-0.1, -0.05) is 0 Å². The molecule has 1 aromatic rings. The first-order valence-corrected chi connectivity index (χ1v) is 5.00. The van der Waals surface area contributed by atoms with Crippen LogP contribution in [-0.4, -0.2) is 17.3 Å². The molecule has 0 atom stereocenters. The Kier molecular flexibility index (Phi) is 2.33. The Morgan fingerprint density at radius 3 is 2.43 bits per heavy atom. The highest BCUT2D eigenvalue weighted by Gasteiger charge is 2.33. The van der Waals surface area contributed by atoms with Crippen LogP contribution in [0.3, 0.4) is 0 Å². The van der Waals surface area contributed by atoms with E-state index in [4.69, 9.17) is 5.73 Å². The Morgan fingerprint density at radius 2 is 1.93 bits per heavy atom. The van der Waals surface area contributed by atoms with Crippen molar-refractivity contribution < 1.29 is 5.11 Å². The lowest BCUT2D eigenvalue weighted by atomic mass is 9.80. The Balaban J connectivity index is 1.88. The average molecular weight is 192 g/mol. The number of benzene rings is 1. The molecule has 3 nitrogen and oxygen atoms in total. The van der Waals surface area contributed by atoms with Crippen molar-refractivity contribution in [1.29, 1.82) is 0 Å². The molecule has 0 heterocycles. The van der Waals surface area contributed by atoms with Gasteiger partial charge in [0.15, 0.2) is 0 Å². The number of hydrogen-bond acceptors (Lipinski definition) is 3. The number of nitrogens with two attached hydrogens (primary N) is 1. The number of anilines is 2. The molecule has 1 aromatic carbocycles. The third kappa shape index (κ3) is 1.99. The van der Waals surface area contributed by atoms with E-state index in [2.05, 4.69) is 5.32 Å². The molecule has 0 amide bonds. The van der Waals surface area contributed by atoms with E-state index < -0.39 is 5.60 Å². The minimum atomic E-state index is -0.471. The largest absolute Gasteiger partial charge is 0.399 e. The van der Waals surface area contributed by atoms with Gasteiger partial charge < -0.3 is 16.2 Å². The van der Waals surface area contributed by atoms with Crippen molar-refractivity contribution in [3.8, 4) is 0 Å². The summed E-state index contributed by atoms with van der Waals surface area (Å²) in [6.45, 7) is 0.636. The molecular weight excluding hydrogens is 176 g/mol. The molecule has 0 bridgehead atoms. The molecule has 4 N–H and O–H groups in total. The van der Waals surface area contributed by atoms with Gasteiger partial charge in [0.25, 0.3) is 0 Å². The van der Waals surface area contributed by atoms with Gasteiger partial charge in [-0.2, -0.15) is 0 Å². The first-order chi connectivity index (χ1) is 6.68. The fraction of sp³-hybridized carbons (Fsp3) is 0.455.